The van der Waals surface area contributed by atoms with E-state index in [0.717, 1.165) is 31.3 Å². The van der Waals surface area contributed by atoms with Crippen molar-refractivity contribution in [2.45, 2.75) is 57.8 Å². The Kier molecular flexibility index (Phi) is 3.84. The number of fused-ring (bicyclic) bond motifs is 2. The Bertz CT molecular complexity index is 463. The van der Waals surface area contributed by atoms with Crippen LogP contribution in [0.3, 0.4) is 0 Å². The van der Waals surface area contributed by atoms with Crippen molar-refractivity contribution in [3.05, 3.63) is 11.1 Å². The predicted octanol–water partition coefficient (Wildman–Crippen LogP) is 1.93. The van der Waals surface area contributed by atoms with E-state index < -0.39 is 11.9 Å². The molecular weight excluding hydrogens is 272 g/mol. The highest BCUT2D eigenvalue weighted by atomic mass is 16.7. The second kappa shape index (κ2) is 5.38. The Balaban J connectivity index is 2.06. The van der Waals surface area contributed by atoms with Gasteiger partial charge in [0.25, 0.3) is 0 Å². The quantitative estimate of drug-likeness (QED) is 0.789. The van der Waals surface area contributed by atoms with Crippen molar-refractivity contribution in [3.63, 3.8) is 0 Å². The first-order valence-electron chi connectivity index (χ1n) is 7.91. The normalized spacial score (nSPS) is 34.9. The minimum Gasteiger partial charge on any atom is -0.463 e. The first kappa shape index (κ1) is 15.0. The fourth-order valence-electron chi connectivity index (χ4n) is 4.21. The molecule has 1 heterocycles. The summed E-state index contributed by atoms with van der Waals surface area (Å²) in [6.45, 7) is 5.40. The number of ether oxygens (including phenoxy) is 3. The summed E-state index contributed by atoms with van der Waals surface area (Å²) < 4.78 is 17.1. The van der Waals surface area contributed by atoms with Gasteiger partial charge in [0.05, 0.1) is 31.5 Å². The van der Waals surface area contributed by atoms with Crippen LogP contribution >= 0.6 is 0 Å². The van der Waals surface area contributed by atoms with Gasteiger partial charge in [-0.1, -0.05) is 6.92 Å². The van der Waals surface area contributed by atoms with Crippen LogP contribution in [0.25, 0.3) is 0 Å². The largest absolute Gasteiger partial charge is 0.463 e. The molecule has 2 fully saturated rings. The van der Waals surface area contributed by atoms with E-state index in [2.05, 4.69) is 6.92 Å². The number of carbonyl (C=O) groups is 1. The van der Waals surface area contributed by atoms with Crippen molar-refractivity contribution in [1.82, 2.24) is 0 Å². The maximum absolute atomic E-state index is 12.3. The standard InChI is InChI=1S/C16H24O5/c1-3-19-14(18)13-11-5-4-7-16(20-9-10-21-16)15(11,2)8-6-12(13)17/h12,17H,3-10H2,1-2H3/t12?,15-/m1/s1. The van der Waals surface area contributed by atoms with Crippen molar-refractivity contribution >= 4 is 5.97 Å². The summed E-state index contributed by atoms with van der Waals surface area (Å²) in [6.07, 6.45) is 3.13. The number of hydrogen-bond donors (Lipinski definition) is 1. The Morgan fingerprint density at radius 2 is 2.10 bits per heavy atom. The summed E-state index contributed by atoms with van der Waals surface area (Å²) >= 11 is 0. The van der Waals surface area contributed by atoms with Crippen LogP contribution in [0.1, 0.15) is 46.0 Å². The number of esters is 1. The lowest BCUT2D eigenvalue weighted by molar-refractivity contribution is -0.239. The van der Waals surface area contributed by atoms with Crippen molar-refractivity contribution in [2.75, 3.05) is 19.8 Å². The molecule has 1 unspecified atom stereocenters. The highest BCUT2D eigenvalue weighted by molar-refractivity contribution is 5.91. The number of rotatable bonds is 2. The average Bonchev–Trinajstić information content (AvgIpc) is 2.92. The van der Waals surface area contributed by atoms with Gasteiger partial charge in [-0.2, -0.15) is 0 Å². The van der Waals surface area contributed by atoms with E-state index >= 15 is 0 Å². The van der Waals surface area contributed by atoms with E-state index in [-0.39, 0.29) is 11.4 Å². The predicted molar refractivity (Wildman–Crippen MR) is 75.5 cm³/mol. The van der Waals surface area contributed by atoms with E-state index in [1.807, 2.05) is 0 Å². The van der Waals surface area contributed by atoms with Gasteiger partial charge in [0.1, 0.15) is 0 Å². The van der Waals surface area contributed by atoms with Crippen LogP contribution < -0.4 is 0 Å². The fraction of sp³-hybridized carbons (Fsp3) is 0.812. The van der Waals surface area contributed by atoms with Gasteiger partial charge in [0.15, 0.2) is 5.79 Å². The summed E-state index contributed by atoms with van der Waals surface area (Å²) in [5.74, 6) is -1.01. The van der Waals surface area contributed by atoms with Crippen molar-refractivity contribution < 1.29 is 24.1 Å². The number of aliphatic hydroxyl groups excluding tert-OH is 1. The van der Waals surface area contributed by atoms with E-state index in [0.29, 0.717) is 31.8 Å². The number of carbonyl (C=O) groups excluding carboxylic acids is 1. The summed E-state index contributed by atoms with van der Waals surface area (Å²) in [5, 5.41) is 10.3. The topological polar surface area (TPSA) is 65.0 Å². The monoisotopic (exact) mass is 296 g/mol. The first-order chi connectivity index (χ1) is 10.0. The van der Waals surface area contributed by atoms with Crippen LogP contribution in [0.4, 0.5) is 0 Å². The van der Waals surface area contributed by atoms with Gasteiger partial charge in [0.2, 0.25) is 0 Å². The zero-order valence-corrected chi connectivity index (χ0v) is 12.8. The summed E-state index contributed by atoms with van der Waals surface area (Å²) in [5.41, 5.74) is 1.08. The number of aliphatic hydroxyl groups is 1. The van der Waals surface area contributed by atoms with Crippen LogP contribution in [-0.4, -0.2) is 42.8 Å². The van der Waals surface area contributed by atoms with Crippen LogP contribution in [0.5, 0.6) is 0 Å². The number of hydrogen-bond acceptors (Lipinski definition) is 5. The molecule has 0 radical (unpaired) electrons. The molecule has 0 aromatic carbocycles. The molecule has 1 N–H and O–H groups in total. The second-order valence-electron chi connectivity index (χ2n) is 6.30. The van der Waals surface area contributed by atoms with Crippen molar-refractivity contribution in [3.8, 4) is 0 Å². The molecule has 1 aliphatic heterocycles. The molecule has 1 saturated carbocycles. The molecule has 2 aliphatic carbocycles. The minimum absolute atomic E-state index is 0.317. The van der Waals surface area contributed by atoms with Gasteiger partial charge in [-0.25, -0.2) is 4.79 Å². The molecule has 0 bridgehead atoms. The van der Waals surface area contributed by atoms with Crippen LogP contribution in [0.15, 0.2) is 11.1 Å². The lowest BCUT2D eigenvalue weighted by Crippen LogP contribution is -2.54. The SMILES string of the molecule is CCOC(=O)C1=C2CCCC3(OCCO3)[C@]2(C)CCC1O. The molecule has 0 aromatic rings. The van der Waals surface area contributed by atoms with Gasteiger partial charge in [-0.3, -0.25) is 0 Å². The second-order valence-corrected chi connectivity index (χ2v) is 6.30. The van der Waals surface area contributed by atoms with E-state index in [1.54, 1.807) is 6.92 Å². The summed E-state index contributed by atoms with van der Waals surface area (Å²) in [4.78, 5) is 12.3. The van der Waals surface area contributed by atoms with Gasteiger partial charge in [-0.15, -0.1) is 0 Å². The molecule has 5 heteroatoms. The summed E-state index contributed by atoms with van der Waals surface area (Å²) in [6, 6.07) is 0. The van der Waals surface area contributed by atoms with Crippen LogP contribution in [-0.2, 0) is 19.0 Å². The highest BCUT2D eigenvalue weighted by Gasteiger charge is 2.59. The molecule has 0 aromatic heterocycles. The Labute approximate surface area is 125 Å². The smallest absolute Gasteiger partial charge is 0.336 e. The zero-order chi connectivity index (χ0) is 15.1. The van der Waals surface area contributed by atoms with Gasteiger partial charge >= 0.3 is 5.97 Å². The molecule has 5 nitrogen and oxygen atoms in total. The molecule has 21 heavy (non-hydrogen) atoms. The van der Waals surface area contributed by atoms with Crippen molar-refractivity contribution in [1.29, 1.82) is 0 Å². The Morgan fingerprint density at radius 1 is 1.38 bits per heavy atom. The molecule has 1 spiro atoms. The maximum atomic E-state index is 12.3. The minimum atomic E-state index is -0.733. The molecule has 1 saturated heterocycles. The molecule has 3 aliphatic rings. The zero-order valence-electron chi connectivity index (χ0n) is 12.8. The van der Waals surface area contributed by atoms with E-state index in [1.165, 1.54) is 0 Å². The molecule has 2 atom stereocenters. The highest BCUT2D eigenvalue weighted by Crippen LogP contribution is 2.58. The van der Waals surface area contributed by atoms with Gasteiger partial charge < -0.3 is 19.3 Å². The van der Waals surface area contributed by atoms with Gasteiger partial charge in [-0.05, 0) is 38.2 Å². The molecule has 118 valence electrons. The third-order valence-electron chi connectivity index (χ3n) is 5.26. The van der Waals surface area contributed by atoms with Crippen molar-refractivity contribution in [2.24, 2.45) is 5.41 Å². The average molecular weight is 296 g/mol. The lowest BCUT2D eigenvalue weighted by Gasteiger charge is -2.52. The lowest BCUT2D eigenvalue weighted by atomic mass is 9.60. The van der Waals surface area contributed by atoms with Crippen LogP contribution in [0, 0.1) is 5.41 Å². The Morgan fingerprint density at radius 3 is 2.76 bits per heavy atom. The molecule has 3 rings (SSSR count). The van der Waals surface area contributed by atoms with Crippen LogP contribution in [0.2, 0.25) is 0 Å². The maximum Gasteiger partial charge on any atom is 0.336 e. The van der Waals surface area contributed by atoms with E-state index in [9.17, 15) is 9.90 Å². The van der Waals surface area contributed by atoms with Gasteiger partial charge in [0, 0.05) is 11.8 Å². The molecule has 0 amide bonds. The molecular formula is C16H24O5. The van der Waals surface area contributed by atoms with E-state index in [4.69, 9.17) is 14.2 Å². The summed E-state index contributed by atoms with van der Waals surface area (Å²) in [7, 11) is 0. The first-order valence-corrected chi connectivity index (χ1v) is 7.91. The fourth-order valence-corrected chi connectivity index (χ4v) is 4.21. The third kappa shape index (κ3) is 2.14. The Hall–Kier alpha value is -0.910. The third-order valence-corrected chi connectivity index (χ3v) is 5.26.